The van der Waals surface area contributed by atoms with Gasteiger partial charge in [0.1, 0.15) is 16.4 Å². The fourth-order valence-corrected chi connectivity index (χ4v) is 4.39. The molecular formula is C20H16ClF3N6O3S. The van der Waals surface area contributed by atoms with Crippen molar-refractivity contribution in [1.29, 1.82) is 0 Å². The van der Waals surface area contributed by atoms with E-state index in [1.54, 1.807) is 11.5 Å². The molecule has 4 rings (SSSR count). The third-order valence-corrected chi connectivity index (χ3v) is 6.55. The highest BCUT2D eigenvalue weighted by Gasteiger charge is 2.34. The van der Waals surface area contributed by atoms with Gasteiger partial charge in [-0.1, -0.05) is 18.5 Å². The Labute approximate surface area is 199 Å². The number of nitrogens with one attached hydrogen (secondary N) is 2. The number of nitrogens with zero attached hydrogens (tertiary/aromatic N) is 4. The van der Waals surface area contributed by atoms with Crippen LogP contribution in [0, 0.1) is 0 Å². The fourth-order valence-electron chi connectivity index (χ4n) is 3.32. The third-order valence-electron chi connectivity index (χ3n) is 5.02. The van der Waals surface area contributed by atoms with E-state index in [2.05, 4.69) is 25.6 Å². The summed E-state index contributed by atoms with van der Waals surface area (Å²) in [7, 11) is 0. The smallest absolute Gasteiger partial charge is 0.307 e. The number of thiazole rings is 1. The molecule has 0 bridgehead atoms. The van der Waals surface area contributed by atoms with Crippen molar-refractivity contribution in [2.24, 2.45) is 0 Å². The van der Waals surface area contributed by atoms with Gasteiger partial charge in [0.15, 0.2) is 5.78 Å². The molecule has 0 fully saturated rings. The number of amides is 2. The third kappa shape index (κ3) is 4.94. The van der Waals surface area contributed by atoms with Crippen LogP contribution in [0.25, 0.3) is 0 Å². The van der Waals surface area contributed by atoms with E-state index < -0.39 is 22.7 Å². The molecule has 9 nitrogen and oxygen atoms in total. The maximum Gasteiger partial charge on any atom is 0.418 e. The monoisotopic (exact) mass is 512 g/mol. The molecule has 3 aromatic heterocycles. The van der Waals surface area contributed by atoms with Gasteiger partial charge >= 0.3 is 6.18 Å². The number of fused-ring (bicyclic) bond motifs is 1. The summed E-state index contributed by atoms with van der Waals surface area (Å²) in [5.74, 6) is -1.38. The predicted octanol–water partition coefficient (Wildman–Crippen LogP) is 4.38. The zero-order chi connectivity index (χ0) is 24.6. The average Bonchev–Trinajstić information content (AvgIpc) is 3.41. The normalized spacial score (nSPS) is 14.3. The zero-order valence-electron chi connectivity index (χ0n) is 17.4. The van der Waals surface area contributed by atoms with E-state index in [9.17, 15) is 27.6 Å². The van der Waals surface area contributed by atoms with Crippen LogP contribution in [0.15, 0.2) is 24.7 Å². The summed E-state index contributed by atoms with van der Waals surface area (Å²) >= 11 is 6.56. The summed E-state index contributed by atoms with van der Waals surface area (Å²) in [6, 6.07) is 0.651. The molecule has 0 unspecified atom stereocenters. The second kappa shape index (κ2) is 9.14. The molecule has 2 N–H and O–H groups in total. The van der Waals surface area contributed by atoms with Gasteiger partial charge in [-0.3, -0.25) is 19.7 Å². The minimum absolute atomic E-state index is 0.0847. The summed E-state index contributed by atoms with van der Waals surface area (Å²) in [5.41, 5.74) is -0.746. The molecule has 0 saturated carbocycles. The number of hydrogen-bond acceptors (Lipinski definition) is 7. The summed E-state index contributed by atoms with van der Waals surface area (Å²) in [4.78, 5) is 48.8. The molecule has 0 radical (unpaired) electrons. The molecule has 1 aliphatic rings. The summed E-state index contributed by atoms with van der Waals surface area (Å²) < 4.78 is 40.7. The van der Waals surface area contributed by atoms with Gasteiger partial charge in [0, 0.05) is 31.5 Å². The molecule has 4 heterocycles. The Morgan fingerprint density at radius 3 is 2.76 bits per heavy atom. The lowest BCUT2D eigenvalue weighted by atomic mass is 10.0. The topological polar surface area (TPSA) is 119 Å². The molecule has 0 aromatic carbocycles. The van der Waals surface area contributed by atoms with Crippen molar-refractivity contribution < 1.29 is 27.6 Å². The van der Waals surface area contributed by atoms with Crippen LogP contribution in [0.1, 0.15) is 56.4 Å². The van der Waals surface area contributed by atoms with Gasteiger partial charge in [0.25, 0.3) is 5.91 Å². The van der Waals surface area contributed by atoms with Crippen molar-refractivity contribution in [3.05, 3.63) is 50.8 Å². The minimum atomic E-state index is -4.69. The lowest BCUT2D eigenvalue weighted by Crippen LogP contribution is -2.25. The number of hydrogen-bond donors (Lipinski definition) is 2. The number of pyridine rings is 1. The molecule has 34 heavy (non-hydrogen) atoms. The van der Waals surface area contributed by atoms with E-state index >= 15 is 0 Å². The first-order chi connectivity index (χ1) is 16.0. The molecule has 1 atom stereocenters. The Kier molecular flexibility index (Phi) is 6.41. The lowest BCUT2D eigenvalue weighted by molar-refractivity contribution is -0.137. The van der Waals surface area contributed by atoms with E-state index in [4.69, 9.17) is 11.6 Å². The molecule has 0 aliphatic carbocycles. The van der Waals surface area contributed by atoms with Crippen molar-refractivity contribution in [3.63, 3.8) is 0 Å². The molecule has 0 saturated heterocycles. The van der Waals surface area contributed by atoms with Crippen LogP contribution in [0.5, 0.6) is 0 Å². The molecular weight excluding hydrogens is 497 g/mol. The second-order valence-electron chi connectivity index (χ2n) is 7.51. The Morgan fingerprint density at radius 1 is 1.26 bits per heavy atom. The largest absolute Gasteiger partial charge is 0.418 e. The van der Waals surface area contributed by atoms with Gasteiger partial charge in [0.05, 0.1) is 28.0 Å². The lowest BCUT2D eigenvalue weighted by Gasteiger charge is -2.16. The highest BCUT2D eigenvalue weighted by Crippen LogP contribution is 2.35. The SMILES string of the molecule is C[C@@H](CC(=O)c1cnc2n1CCC(=O)N2)c1ncc(C(=O)Nc2cc(C(F)(F)F)c(Cl)cn2)s1. The molecule has 0 spiro atoms. The summed E-state index contributed by atoms with van der Waals surface area (Å²) in [6.07, 6.45) is -0.859. The summed E-state index contributed by atoms with van der Waals surface area (Å²) in [6.45, 7) is 2.12. The van der Waals surface area contributed by atoms with Gasteiger partial charge in [-0.2, -0.15) is 13.2 Å². The first-order valence-corrected chi connectivity index (χ1v) is 11.1. The number of ketones is 1. The van der Waals surface area contributed by atoms with Crippen LogP contribution in [0.3, 0.4) is 0 Å². The minimum Gasteiger partial charge on any atom is -0.307 e. The van der Waals surface area contributed by atoms with E-state index in [0.29, 0.717) is 29.3 Å². The number of rotatable bonds is 6. The van der Waals surface area contributed by atoms with E-state index in [-0.39, 0.29) is 41.1 Å². The highest BCUT2D eigenvalue weighted by atomic mass is 35.5. The van der Waals surface area contributed by atoms with Crippen LogP contribution in [0.4, 0.5) is 24.9 Å². The van der Waals surface area contributed by atoms with Crippen molar-refractivity contribution in [2.45, 2.75) is 38.4 Å². The molecule has 1 aliphatic heterocycles. The highest BCUT2D eigenvalue weighted by molar-refractivity contribution is 7.13. The van der Waals surface area contributed by atoms with Gasteiger partial charge < -0.3 is 9.88 Å². The van der Waals surface area contributed by atoms with Crippen LogP contribution in [-0.2, 0) is 17.5 Å². The number of halogens is 4. The zero-order valence-corrected chi connectivity index (χ0v) is 19.0. The number of imidazole rings is 1. The van der Waals surface area contributed by atoms with Gasteiger partial charge in [-0.05, 0) is 6.07 Å². The number of alkyl halides is 3. The number of anilines is 2. The second-order valence-corrected chi connectivity index (χ2v) is 8.98. The summed E-state index contributed by atoms with van der Waals surface area (Å²) in [5, 5.41) is 4.83. The van der Waals surface area contributed by atoms with Crippen molar-refractivity contribution in [2.75, 3.05) is 10.6 Å². The van der Waals surface area contributed by atoms with Crippen LogP contribution in [0.2, 0.25) is 5.02 Å². The Bertz CT molecular complexity index is 1290. The van der Waals surface area contributed by atoms with Crippen LogP contribution in [-0.4, -0.2) is 37.1 Å². The van der Waals surface area contributed by atoms with Crippen molar-refractivity contribution in [3.8, 4) is 0 Å². The van der Waals surface area contributed by atoms with Gasteiger partial charge in [0.2, 0.25) is 11.9 Å². The number of carbonyl (C=O) groups is 3. The number of carbonyl (C=O) groups excluding carboxylic acids is 3. The van der Waals surface area contributed by atoms with Crippen molar-refractivity contribution >= 4 is 52.3 Å². The Hall–Kier alpha value is -3.32. The predicted molar refractivity (Wildman–Crippen MR) is 117 cm³/mol. The first-order valence-electron chi connectivity index (χ1n) is 9.91. The van der Waals surface area contributed by atoms with E-state index in [1.807, 2.05) is 0 Å². The molecule has 2 amide bonds. The number of aromatic nitrogens is 4. The Morgan fingerprint density at radius 2 is 2.03 bits per heavy atom. The quantitative estimate of drug-likeness (QED) is 0.473. The van der Waals surface area contributed by atoms with E-state index in [0.717, 1.165) is 17.5 Å². The standard InChI is InChI=1S/C20H16ClF3N6O3S/c1-9(4-13(31)12-7-27-19-29-16(32)2-3-30(12)19)18-26-8-14(34-18)17(33)28-15-5-10(20(22,23)24)11(21)6-25-15/h5-9H,2-4H2,1H3,(H,25,28,33)(H,27,29,32)/t9-/m0/s1. The maximum atomic E-state index is 13.0. The van der Waals surface area contributed by atoms with Gasteiger partial charge in [-0.25, -0.2) is 15.0 Å². The number of Topliss-reactive ketones (excluding diaryl/α,β-unsaturated/α-hetero) is 1. The maximum absolute atomic E-state index is 13.0. The van der Waals surface area contributed by atoms with Gasteiger partial charge in [-0.15, -0.1) is 11.3 Å². The first kappa shape index (κ1) is 23.8. The molecule has 14 heteroatoms. The molecule has 3 aromatic rings. The van der Waals surface area contributed by atoms with Crippen molar-refractivity contribution in [1.82, 2.24) is 19.5 Å². The van der Waals surface area contributed by atoms with Crippen LogP contribution >= 0.6 is 22.9 Å². The Balaban J connectivity index is 1.42. The van der Waals surface area contributed by atoms with E-state index in [1.165, 1.54) is 12.4 Å². The average molecular weight is 513 g/mol. The molecule has 178 valence electrons. The fraction of sp³-hybridized carbons (Fsp3) is 0.300. The van der Waals surface area contributed by atoms with Crippen LogP contribution < -0.4 is 10.6 Å².